The summed E-state index contributed by atoms with van der Waals surface area (Å²) in [7, 11) is 0. The predicted molar refractivity (Wildman–Crippen MR) is 98.1 cm³/mol. The quantitative estimate of drug-likeness (QED) is 0.889. The average molecular weight is 350 g/mol. The van der Waals surface area contributed by atoms with E-state index in [1.54, 1.807) is 0 Å². The fourth-order valence-electron chi connectivity index (χ4n) is 4.74. The Hall–Kier alpha value is -1.10. The molecule has 0 bridgehead atoms. The first kappa shape index (κ1) is 17.7. The van der Waals surface area contributed by atoms with E-state index in [9.17, 15) is 4.79 Å². The van der Waals surface area contributed by atoms with Gasteiger partial charge in [0.2, 0.25) is 5.91 Å². The van der Waals surface area contributed by atoms with Crippen molar-refractivity contribution in [2.24, 2.45) is 17.6 Å². The molecule has 24 heavy (non-hydrogen) atoms. The number of benzene rings is 1. The zero-order valence-corrected chi connectivity index (χ0v) is 15.0. The van der Waals surface area contributed by atoms with Gasteiger partial charge in [0.1, 0.15) is 0 Å². The molecular weight excluding hydrogens is 322 g/mol. The molecule has 2 N–H and O–H groups in total. The van der Waals surface area contributed by atoms with E-state index in [1.807, 2.05) is 4.90 Å². The minimum atomic E-state index is 0. The van der Waals surface area contributed by atoms with Crippen LogP contribution in [0.5, 0.6) is 0 Å². The standard InChI is InChI=1S/C19H27N3O.ClH/c20-18-7-3-6-16-10-21(12-17(16)18)13-19(23)22-9-8-14-4-1-2-5-15(14)11-22;/h1-2,4-5,16-18H,3,6-13,20H2;1H. The number of carbonyl (C=O) groups is 1. The minimum Gasteiger partial charge on any atom is -0.337 e. The highest BCUT2D eigenvalue weighted by atomic mass is 35.5. The average Bonchev–Trinajstić information content (AvgIpc) is 2.98. The highest BCUT2D eigenvalue weighted by Gasteiger charge is 2.39. The maximum atomic E-state index is 12.7. The van der Waals surface area contributed by atoms with Crippen molar-refractivity contribution in [3.63, 3.8) is 0 Å². The molecule has 4 rings (SSSR count). The Morgan fingerprint density at radius 1 is 1.17 bits per heavy atom. The van der Waals surface area contributed by atoms with Crippen LogP contribution in [0.4, 0.5) is 0 Å². The van der Waals surface area contributed by atoms with E-state index in [0.717, 1.165) is 39.0 Å². The number of rotatable bonds is 2. The molecule has 2 aliphatic heterocycles. The van der Waals surface area contributed by atoms with Crippen LogP contribution in [0.2, 0.25) is 0 Å². The van der Waals surface area contributed by atoms with Gasteiger partial charge in [0, 0.05) is 32.2 Å². The summed E-state index contributed by atoms with van der Waals surface area (Å²) in [6.07, 6.45) is 4.69. The lowest BCUT2D eigenvalue weighted by Crippen LogP contribution is -2.42. The van der Waals surface area contributed by atoms with Gasteiger partial charge in [0.05, 0.1) is 6.54 Å². The first-order valence-electron chi connectivity index (χ1n) is 9.03. The van der Waals surface area contributed by atoms with Crippen molar-refractivity contribution in [2.45, 2.75) is 38.3 Å². The molecule has 4 nitrogen and oxygen atoms in total. The Balaban J connectivity index is 0.00000169. The van der Waals surface area contributed by atoms with Crippen molar-refractivity contribution < 1.29 is 4.79 Å². The van der Waals surface area contributed by atoms with Crippen molar-refractivity contribution in [1.82, 2.24) is 9.80 Å². The first-order valence-corrected chi connectivity index (χ1v) is 9.03. The summed E-state index contributed by atoms with van der Waals surface area (Å²) < 4.78 is 0. The van der Waals surface area contributed by atoms with Gasteiger partial charge in [-0.1, -0.05) is 30.7 Å². The number of nitrogens with zero attached hydrogens (tertiary/aromatic N) is 2. The van der Waals surface area contributed by atoms with E-state index in [-0.39, 0.29) is 18.3 Å². The fourth-order valence-corrected chi connectivity index (χ4v) is 4.74. The SMILES string of the molecule is Cl.NC1CCCC2CN(CC(=O)N3CCc4ccccc4C3)CC12. The summed E-state index contributed by atoms with van der Waals surface area (Å²) >= 11 is 0. The Kier molecular flexibility index (Phi) is 5.48. The van der Waals surface area contributed by atoms with Crippen LogP contribution in [0.3, 0.4) is 0 Å². The monoisotopic (exact) mass is 349 g/mol. The summed E-state index contributed by atoms with van der Waals surface area (Å²) in [5.41, 5.74) is 8.99. The van der Waals surface area contributed by atoms with Gasteiger partial charge in [-0.3, -0.25) is 9.69 Å². The van der Waals surface area contributed by atoms with E-state index in [0.29, 0.717) is 24.4 Å². The van der Waals surface area contributed by atoms with Gasteiger partial charge in [-0.15, -0.1) is 12.4 Å². The van der Waals surface area contributed by atoms with Crippen LogP contribution < -0.4 is 5.73 Å². The third-order valence-corrected chi connectivity index (χ3v) is 6.07. The molecule has 0 aromatic heterocycles. The Morgan fingerprint density at radius 3 is 2.75 bits per heavy atom. The zero-order valence-electron chi connectivity index (χ0n) is 14.2. The van der Waals surface area contributed by atoms with Gasteiger partial charge in [-0.2, -0.15) is 0 Å². The number of hydrogen-bond donors (Lipinski definition) is 1. The number of nitrogens with two attached hydrogens (primary N) is 1. The Morgan fingerprint density at radius 2 is 1.96 bits per heavy atom. The topological polar surface area (TPSA) is 49.6 Å². The second kappa shape index (κ2) is 7.42. The number of likely N-dealkylation sites (tertiary alicyclic amines) is 1. The van der Waals surface area contributed by atoms with Gasteiger partial charge in [0.25, 0.3) is 0 Å². The third kappa shape index (κ3) is 3.46. The third-order valence-electron chi connectivity index (χ3n) is 6.07. The van der Waals surface area contributed by atoms with Crippen LogP contribution in [-0.2, 0) is 17.8 Å². The van der Waals surface area contributed by atoms with Crippen molar-refractivity contribution in [3.8, 4) is 0 Å². The number of hydrogen-bond acceptors (Lipinski definition) is 3. The van der Waals surface area contributed by atoms with Crippen molar-refractivity contribution in [3.05, 3.63) is 35.4 Å². The molecule has 5 heteroatoms. The molecule has 3 unspecified atom stereocenters. The van der Waals surface area contributed by atoms with Gasteiger partial charge in [0.15, 0.2) is 0 Å². The molecule has 1 amide bonds. The molecule has 2 heterocycles. The van der Waals surface area contributed by atoms with Crippen LogP contribution >= 0.6 is 12.4 Å². The van der Waals surface area contributed by atoms with Gasteiger partial charge in [-0.25, -0.2) is 0 Å². The van der Waals surface area contributed by atoms with Crippen LogP contribution in [0.25, 0.3) is 0 Å². The molecule has 3 atom stereocenters. The minimum absolute atomic E-state index is 0. The maximum Gasteiger partial charge on any atom is 0.237 e. The summed E-state index contributed by atoms with van der Waals surface area (Å²) in [4.78, 5) is 17.1. The largest absolute Gasteiger partial charge is 0.337 e. The molecule has 1 aromatic carbocycles. The van der Waals surface area contributed by atoms with Crippen LogP contribution in [0.1, 0.15) is 30.4 Å². The zero-order chi connectivity index (χ0) is 15.8. The smallest absolute Gasteiger partial charge is 0.237 e. The number of carbonyl (C=O) groups excluding carboxylic acids is 1. The van der Waals surface area contributed by atoms with Crippen molar-refractivity contribution in [1.29, 1.82) is 0 Å². The molecule has 0 radical (unpaired) electrons. The molecule has 1 saturated heterocycles. The highest BCUT2D eigenvalue weighted by molar-refractivity contribution is 5.85. The van der Waals surface area contributed by atoms with E-state index in [2.05, 4.69) is 29.2 Å². The second-order valence-corrected chi connectivity index (χ2v) is 7.55. The summed E-state index contributed by atoms with van der Waals surface area (Å²) in [5.74, 6) is 1.61. The summed E-state index contributed by atoms with van der Waals surface area (Å²) in [6.45, 7) is 4.28. The maximum absolute atomic E-state index is 12.7. The fraction of sp³-hybridized carbons (Fsp3) is 0.632. The lowest BCUT2D eigenvalue weighted by Gasteiger charge is -2.30. The van der Waals surface area contributed by atoms with Crippen LogP contribution in [0, 0.1) is 11.8 Å². The number of halogens is 1. The van der Waals surface area contributed by atoms with E-state index in [4.69, 9.17) is 5.73 Å². The number of amides is 1. The van der Waals surface area contributed by atoms with Gasteiger partial charge in [-0.05, 0) is 42.2 Å². The first-order chi connectivity index (χ1) is 11.2. The van der Waals surface area contributed by atoms with Crippen LogP contribution in [-0.4, -0.2) is 47.9 Å². The van der Waals surface area contributed by atoms with E-state index in [1.165, 1.54) is 24.0 Å². The molecule has 1 aliphatic carbocycles. The van der Waals surface area contributed by atoms with E-state index >= 15 is 0 Å². The second-order valence-electron chi connectivity index (χ2n) is 7.55. The molecule has 1 saturated carbocycles. The summed E-state index contributed by atoms with van der Waals surface area (Å²) in [5, 5.41) is 0. The molecule has 0 spiro atoms. The van der Waals surface area contributed by atoms with Gasteiger partial charge < -0.3 is 10.6 Å². The predicted octanol–water partition coefficient (Wildman–Crippen LogP) is 2.05. The molecule has 132 valence electrons. The van der Waals surface area contributed by atoms with Crippen molar-refractivity contribution in [2.75, 3.05) is 26.2 Å². The molecular formula is C19H28ClN3O. The molecule has 3 aliphatic rings. The van der Waals surface area contributed by atoms with E-state index < -0.39 is 0 Å². The summed E-state index contributed by atoms with van der Waals surface area (Å²) in [6, 6.07) is 8.84. The Labute approximate surface area is 150 Å². The van der Waals surface area contributed by atoms with Gasteiger partial charge >= 0.3 is 0 Å². The van der Waals surface area contributed by atoms with Crippen LogP contribution in [0.15, 0.2) is 24.3 Å². The highest BCUT2D eigenvalue weighted by Crippen LogP contribution is 2.35. The van der Waals surface area contributed by atoms with Crippen molar-refractivity contribution >= 4 is 18.3 Å². The molecule has 2 fully saturated rings. The number of fused-ring (bicyclic) bond motifs is 2. The lowest BCUT2D eigenvalue weighted by atomic mass is 9.78. The Bertz CT molecular complexity index is 594. The lowest BCUT2D eigenvalue weighted by molar-refractivity contribution is -0.133. The molecule has 1 aromatic rings. The normalized spacial score (nSPS) is 29.5.